The second-order valence-corrected chi connectivity index (χ2v) is 9.56. The van der Waals surface area contributed by atoms with Gasteiger partial charge in [0, 0.05) is 37.3 Å². The predicted molar refractivity (Wildman–Crippen MR) is 129 cm³/mol. The molecule has 0 saturated carbocycles. The number of alkyl halides is 2. The Labute approximate surface area is 203 Å². The number of hydrogen-bond acceptors (Lipinski definition) is 5. The molecule has 7 nitrogen and oxygen atoms in total. The monoisotopic (exact) mass is 486 g/mol. The van der Waals surface area contributed by atoms with E-state index in [1.54, 1.807) is 35.2 Å². The Morgan fingerprint density at radius 2 is 2.03 bits per heavy atom. The van der Waals surface area contributed by atoms with Gasteiger partial charge in [0.05, 0.1) is 6.54 Å². The molecule has 0 bridgehead atoms. The third kappa shape index (κ3) is 6.97. The summed E-state index contributed by atoms with van der Waals surface area (Å²) in [5, 5.41) is 15.4. The lowest BCUT2D eigenvalue weighted by Crippen LogP contribution is -2.49. The Morgan fingerprint density at radius 3 is 2.80 bits per heavy atom. The number of carboxylic acid groups (broad SMARTS) is 1. The van der Waals surface area contributed by atoms with Crippen molar-refractivity contribution in [2.75, 3.05) is 31.5 Å². The number of halogens is 2. The zero-order valence-corrected chi connectivity index (χ0v) is 19.7. The third-order valence-electron chi connectivity index (χ3n) is 6.69. The summed E-state index contributed by atoms with van der Waals surface area (Å²) in [6.07, 6.45) is 3.16. The van der Waals surface area contributed by atoms with Crippen molar-refractivity contribution in [1.29, 1.82) is 0 Å². The Kier molecular flexibility index (Phi) is 7.95. The minimum absolute atomic E-state index is 0.0504. The van der Waals surface area contributed by atoms with Crippen LogP contribution in [0.3, 0.4) is 0 Å². The first kappa shape index (κ1) is 25.0. The molecule has 0 spiro atoms. The van der Waals surface area contributed by atoms with Crippen molar-refractivity contribution < 1.29 is 23.5 Å². The molecule has 2 aliphatic heterocycles. The molecule has 2 atom stereocenters. The second kappa shape index (κ2) is 11.1. The molecule has 0 aliphatic carbocycles. The summed E-state index contributed by atoms with van der Waals surface area (Å²) in [6, 6.07) is 11.2. The van der Waals surface area contributed by atoms with Gasteiger partial charge in [0.15, 0.2) is 0 Å². The number of carbonyl (C=O) groups is 2. The summed E-state index contributed by atoms with van der Waals surface area (Å²) >= 11 is 0. The molecule has 3 heterocycles. The number of aromatic nitrogens is 1. The lowest BCUT2D eigenvalue weighted by molar-refractivity contribution is -0.139. The fourth-order valence-corrected chi connectivity index (χ4v) is 4.93. The number of pyridine rings is 1. The maximum absolute atomic E-state index is 14.5. The number of carbonyl (C=O) groups excluding carboxylic acids is 1. The Balaban J connectivity index is 1.31. The van der Waals surface area contributed by atoms with Gasteiger partial charge >= 0.3 is 5.97 Å². The van der Waals surface area contributed by atoms with E-state index in [2.05, 4.69) is 21.7 Å². The van der Waals surface area contributed by atoms with Crippen molar-refractivity contribution in [3.63, 3.8) is 0 Å². The van der Waals surface area contributed by atoms with E-state index < -0.39 is 30.4 Å². The number of nitrogens with zero attached hydrogens (tertiary/aromatic N) is 2. The second-order valence-electron chi connectivity index (χ2n) is 9.56. The molecule has 1 aromatic heterocycles. The number of rotatable bonds is 9. The van der Waals surface area contributed by atoms with E-state index in [0.29, 0.717) is 24.9 Å². The first-order valence-corrected chi connectivity index (χ1v) is 12.2. The highest BCUT2D eigenvalue weighted by molar-refractivity contribution is 5.96. The topological polar surface area (TPSA) is 94.6 Å². The van der Waals surface area contributed by atoms with Crippen molar-refractivity contribution in [1.82, 2.24) is 15.2 Å². The Morgan fingerprint density at radius 1 is 1.23 bits per heavy atom. The van der Waals surface area contributed by atoms with Crippen molar-refractivity contribution in [3.05, 3.63) is 59.3 Å². The third-order valence-corrected chi connectivity index (χ3v) is 6.69. The molecule has 1 amide bonds. The summed E-state index contributed by atoms with van der Waals surface area (Å²) in [5.41, 5.74) is 2.45. The van der Waals surface area contributed by atoms with Crippen molar-refractivity contribution in [2.45, 2.75) is 50.5 Å². The molecule has 2 unspecified atom stereocenters. The molecular weight excluding hydrogens is 454 g/mol. The van der Waals surface area contributed by atoms with E-state index in [4.69, 9.17) is 0 Å². The summed E-state index contributed by atoms with van der Waals surface area (Å²) in [4.78, 5) is 30.3. The molecule has 1 aromatic carbocycles. The van der Waals surface area contributed by atoms with Crippen LogP contribution in [0.1, 0.15) is 47.3 Å². The van der Waals surface area contributed by atoms with Gasteiger partial charge in [-0.15, -0.1) is 0 Å². The number of benzene rings is 1. The molecule has 2 aliphatic rings. The average molecular weight is 487 g/mol. The van der Waals surface area contributed by atoms with Gasteiger partial charge in [-0.25, -0.2) is 18.6 Å². The van der Waals surface area contributed by atoms with Gasteiger partial charge < -0.3 is 15.7 Å². The minimum Gasteiger partial charge on any atom is -0.480 e. The number of hydrogen-bond donors (Lipinski definition) is 3. The highest BCUT2D eigenvalue weighted by atomic mass is 19.3. The van der Waals surface area contributed by atoms with E-state index in [1.807, 2.05) is 6.07 Å². The Bertz CT molecular complexity index is 1030. The maximum Gasteiger partial charge on any atom is 0.326 e. The SMILES string of the molecule is O=C(NC(CCN1CC(CCc2ccc3c(n2)NCCC3)CC(F)(F)C1)C(=O)O)c1ccccc1. The summed E-state index contributed by atoms with van der Waals surface area (Å²) in [5.74, 6) is -3.82. The number of likely N-dealkylation sites (tertiary alicyclic amines) is 1. The fourth-order valence-electron chi connectivity index (χ4n) is 4.93. The van der Waals surface area contributed by atoms with Crippen LogP contribution in [0.2, 0.25) is 0 Å². The first-order chi connectivity index (χ1) is 16.8. The van der Waals surface area contributed by atoms with Gasteiger partial charge in [-0.3, -0.25) is 9.69 Å². The van der Waals surface area contributed by atoms with Gasteiger partial charge in [0.2, 0.25) is 0 Å². The number of nitrogens with one attached hydrogen (secondary N) is 2. The quantitative estimate of drug-likeness (QED) is 0.502. The van der Waals surface area contributed by atoms with E-state index in [1.165, 1.54) is 5.56 Å². The minimum atomic E-state index is -2.83. The van der Waals surface area contributed by atoms with Gasteiger partial charge in [0.25, 0.3) is 11.8 Å². The summed E-state index contributed by atoms with van der Waals surface area (Å²) < 4.78 is 29.0. The van der Waals surface area contributed by atoms with Gasteiger partial charge in [-0.1, -0.05) is 24.3 Å². The van der Waals surface area contributed by atoms with E-state index in [0.717, 1.165) is 30.9 Å². The van der Waals surface area contributed by atoms with E-state index in [-0.39, 0.29) is 25.3 Å². The smallest absolute Gasteiger partial charge is 0.326 e. The van der Waals surface area contributed by atoms with E-state index >= 15 is 0 Å². The van der Waals surface area contributed by atoms with Crippen molar-refractivity contribution in [2.24, 2.45) is 5.92 Å². The van der Waals surface area contributed by atoms with E-state index in [9.17, 15) is 23.5 Å². The standard InChI is InChI=1S/C26H32F2N4O3/c27-26(28)15-18(8-10-21-11-9-19-7-4-13-29-23(19)30-21)16-32(17-26)14-12-22(25(34)35)31-24(33)20-5-2-1-3-6-20/h1-3,5-6,9,11,18,22H,4,7-8,10,12-17H2,(H,29,30)(H,31,33)(H,34,35). The van der Waals surface area contributed by atoms with Crippen LogP contribution >= 0.6 is 0 Å². The summed E-state index contributed by atoms with van der Waals surface area (Å²) in [7, 11) is 0. The molecule has 1 saturated heterocycles. The Hall–Kier alpha value is -3.07. The fraction of sp³-hybridized carbons (Fsp3) is 0.500. The van der Waals surface area contributed by atoms with Crippen LogP contribution in [0, 0.1) is 5.92 Å². The zero-order valence-electron chi connectivity index (χ0n) is 19.7. The van der Waals surface area contributed by atoms with Crippen LogP contribution in [0.15, 0.2) is 42.5 Å². The predicted octanol–water partition coefficient (Wildman–Crippen LogP) is 3.60. The first-order valence-electron chi connectivity index (χ1n) is 12.2. The van der Waals surface area contributed by atoms with Crippen LogP contribution < -0.4 is 10.6 Å². The maximum atomic E-state index is 14.5. The summed E-state index contributed by atoms with van der Waals surface area (Å²) in [6.45, 7) is 1.14. The molecule has 9 heteroatoms. The number of piperidine rings is 1. The lowest BCUT2D eigenvalue weighted by atomic mass is 9.90. The number of fused-ring (bicyclic) bond motifs is 1. The van der Waals surface area contributed by atoms with Crippen LogP contribution in [-0.2, 0) is 17.6 Å². The normalized spacial score (nSPS) is 20.3. The van der Waals surface area contributed by atoms with Gasteiger partial charge in [0.1, 0.15) is 11.9 Å². The van der Waals surface area contributed by atoms with Crippen LogP contribution in [0.5, 0.6) is 0 Å². The number of amides is 1. The molecule has 3 N–H and O–H groups in total. The average Bonchev–Trinajstić information content (AvgIpc) is 2.84. The molecular formula is C26H32F2N4O3. The zero-order chi connectivity index (χ0) is 24.8. The molecule has 2 aromatic rings. The molecule has 4 rings (SSSR count). The van der Waals surface area contributed by atoms with Gasteiger partial charge in [-0.2, -0.15) is 0 Å². The molecule has 35 heavy (non-hydrogen) atoms. The molecule has 0 radical (unpaired) electrons. The van der Waals surface area contributed by atoms with Crippen molar-refractivity contribution >= 4 is 17.7 Å². The van der Waals surface area contributed by atoms with Crippen LogP contribution in [-0.4, -0.2) is 65.0 Å². The van der Waals surface area contributed by atoms with Crippen molar-refractivity contribution in [3.8, 4) is 0 Å². The van der Waals surface area contributed by atoms with Gasteiger partial charge in [-0.05, 0) is 61.8 Å². The number of aliphatic carboxylic acids is 1. The number of carboxylic acids is 1. The van der Waals surface area contributed by atoms with Crippen LogP contribution in [0.25, 0.3) is 0 Å². The van der Waals surface area contributed by atoms with Crippen LogP contribution in [0.4, 0.5) is 14.6 Å². The largest absolute Gasteiger partial charge is 0.480 e. The highest BCUT2D eigenvalue weighted by Gasteiger charge is 2.40. The number of aryl methyl sites for hydroxylation is 2. The number of anilines is 1. The lowest BCUT2D eigenvalue weighted by Gasteiger charge is -2.38. The molecule has 1 fully saturated rings. The molecule has 188 valence electrons. The highest BCUT2D eigenvalue weighted by Crippen LogP contribution is 2.33.